The second-order valence-electron chi connectivity index (χ2n) is 8.02. The zero-order valence-electron chi connectivity index (χ0n) is 19.4. The van der Waals surface area contributed by atoms with Gasteiger partial charge >= 0.3 is 24.0 Å². The Morgan fingerprint density at radius 3 is 1.74 bits per heavy atom. The molecule has 0 amide bonds. The average Bonchev–Trinajstić information content (AvgIpc) is 2.89. The Bertz CT molecular complexity index is 1610. The monoisotopic (exact) mass is 519 g/mol. The van der Waals surface area contributed by atoms with Gasteiger partial charge in [-0.25, -0.2) is 19.4 Å². The van der Waals surface area contributed by atoms with Gasteiger partial charge in [-0.1, -0.05) is 48.5 Å². The zero-order valence-corrected chi connectivity index (χ0v) is 19.4. The predicted molar refractivity (Wildman–Crippen MR) is 133 cm³/mol. The van der Waals surface area contributed by atoms with Crippen LogP contribution in [0.2, 0.25) is 0 Å². The number of aromatic nitrogens is 2. The van der Waals surface area contributed by atoms with Gasteiger partial charge in [0.25, 0.3) is 0 Å². The van der Waals surface area contributed by atoms with Crippen molar-refractivity contribution in [1.29, 1.82) is 0 Å². The number of alkyl halides is 3. The maximum atomic E-state index is 13.8. The Morgan fingerprint density at radius 2 is 1.24 bits per heavy atom. The van der Waals surface area contributed by atoms with E-state index in [1.165, 1.54) is 54.6 Å². The molecule has 3 aromatic carbocycles. The highest BCUT2D eigenvalue weighted by Gasteiger charge is 2.50. The highest BCUT2D eigenvalue weighted by molar-refractivity contribution is 5.89. The summed E-state index contributed by atoms with van der Waals surface area (Å²) in [4.78, 5) is 39.0. The lowest BCUT2D eigenvalue weighted by molar-refractivity contribution is -0.548. The molecule has 0 unspecified atom stereocenters. The van der Waals surface area contributed by atoms with Gasteiger partial charge in [0.2, 0.25) is 11.2 Å². The van der Waals surface area contributed by atoms with E-state index in [0.717, 1.165) is 12.2 Å². The van der Waals surface area contributed by atoms with Crippen molar-refractivity contribution in [2.45, 2.75) is 6.18 Å². The summed E-state index contributed by atoms with van der Waals surface area (Å²) in [7, 11) is 0. The lowest BCUT2D eigenvalue weighted by Gasteiger charge is -2.12. The van der Waals surface area contributed by atoms with Crippen molar-refractivity contribution in [1.82, 2.24) is 4.98 Å². The van der Waals surface area contributed by atoms with E-state index in [-0.39, 0.29) is 28.0 Å². The number of fused-ring (bicyclic) bond motifs is 1. The molecule has 38 heavy (non-hydrogen) atoms. The number of carbonyl (C=O) groups excluding carboxylic acids is 1. The van der Waals surface area contributed by atoms with Crippen molar-refractivity contribution >= 4 is 41.0 Å². The molecule has 2 N–H and O–H groups in total. The quantitative estimate of drug-likeness (QED) is 0.266. The molecule has 0 bridgehead atoms. The number of halogens is 3. The molecule has 0 aliphatic carbocycles. The van der Waals surface area contributed by atoms with Gasteiger partial charge in [-0.2, -0.15) is 13.2 Å². The maximum Gasteiger partial charge on any atom is 0.521 e. The molecule has 0 fully saturated rings. The minimum absolute atomic E-state index is 0.0514. The topological polar surface area (TPSA) is 108 Å². The summed E-state index contributed by atoms with van der Waals surface area (Å²) in [5, 5.41) is 17.7. The van der Waals surface area contributed by atoms with E-state index in [1.54, 1.807) is 30.3 Å². The summed E-state index contributed by atoms with van der Waals surface area (Å²) in [5.41, 5.74) is 1.71. The largest absolute Gasteiger partial charge is 0.521 e. The van der Waals surface area contributed by atoms with Crippen LogP contribution in [0.4, 0.5) is 13.2 Å². The summed E-state index contributed by atoms with van der Waals surface area (Å²) in [6.45, 7) is 0. The molecule has 0 saturated carbocycles. The Hall–Kier alpha value is -5.12. The van der Waals surface area contributed by atoms with Crippen LogP contribution in [-0.2, 0) is 9.59 Å². The average molecular weight is 519 g/mol. The van der Waals surface area contributed by atoms with Crippen LogP contribution in [0, 0.1) is 0 Å². The molecule has 0 aliphatic heterocycles. The number of nitrogens with zero attached hydrogens (tertiary/aromatic N) is 2. The van der Waals surface area contributed by atoms with E-state index < -0.39 is 24.0 Å². The third-order valence-electron chi connectivity index (χ3n) is 5.45. The summed E-state index contributed by atoms with van der Waals surface area (Å²) in [6, 6.07) is 18.2. The highest BCUT2D eigenvalue weighted by Crippen LogP contribution is 2.32. The fourth-order valence-electron chi connectivity index (χ4n) is 3.79. The van der Waals surface area contributed by atoms with Crippen LogP contribution in [0.3, 0.4) is 0 Å². The van der Waals surface area contributed by atoms with Gasteiger partial charge in [-0.15, -0.1) is 4.57 Å². The van der Waals surface area contributed by atoms with Crippen molar-refractivity contribution in [3.8, 4) is 22.5 Å². The van der Waals surface area contributed by atoms with Crippen LogP contribution in [0.5, 0.6) is 0 Å². The first kappa shape index (κ1) is 26.0. The Morgan fingerprint density at radius 1 is 0.737 bits per heavy atom. The van der Waals surface area contributed by atoms with Gasteiger partial charge in [0.1, 0.15) is 11.2 Å². The molecule has 1 aromatic heterocycles. The lowest BCUT2D eigenvalue weighted by Crippen LogP contribution is -2.53. The third kappa shape index (κ3) is 5.65. The van der Waals surface area contributed by atoms with Crippen LogP contribution >= 0.6 is 0 Å². The normalized spacial score (nSPS) is 11.9. The maximum absolute atomic E-state index is 13.8. The van der Waals surface area contributed by atoms with Crippen molar-refractivity contribution in [2.75, 3.05) is 0 Å². The second kappa shape index (κ2) is 10.5. The molecule has 4 rings (SSSR count). The van der Waals surface area contributed by atoms with E-state index in [2.05, 4.69) is 4.98 Å². The Labute approximate surface area is 213 Å². The molecule has 190 valence electrons. The molecular formula is C28H18F3N2O5+. The number of para-hydroxylation sites is 2. The molecule has 0 spiro atoms. The van der Waals surface area contributed by atoms with E-state index in [0.29, 0.717) is 21.3 Å². The van der Waals surface area contributed by atoms with E-state index in [1.807, 2.05) is 0 Å². The fraction of sp³-hybridized carbons (Fsp3) is 0.0357. The number of hydrogen-bond donors (Lipinski definition) is 2. The van der Waals surface area contributed by atoms with Crippen LogP contribution in [0.25, 0.3) is 45.7 Å². The molecule has 0 saturated heterocycles. The Balaban J connectivity index is 2.00. The van der Waals surface area contributed by atoms with Crippen LogP contribution in [0.1, 0.15) is 15.9 Å². The Kier molecular flexibility index (Phi) is 7.15. The van der Waals surface area contributed by atoms with Crippen molar-refractivity contribution < 1.29 is 42.3 Å². The van der Waals surface area contributed by atoms with Gasteiger partial charge < -0.3 is 10.2 Å². The summed E-state index contributed by atoms with van der Waals surface area (Å²) in [6.07, 6.45) is -0.644. The zero-order chi connectivity index (χ0) is 27.4. The van der Waals surface area contributed by atoms with Gasteiger partial charge in [0, 0.05) is 29.3 Å². The van der Waals surface area contributed by atoms with E-state index in [4.69, 9.17) is 10.2 Å². The first-order chi connectivity index (χ1) is 18.0. The van der Waals surface area contributed by atoms with E-state index >= 15 is 0 Å². The number of aliphatic carboxylic acids is 2. The van der Waals surface area contributed by atoms with Gasteiger partial charge in [0.05, 0.1) is 0 Å². The first-order valence-corrected chi connectivity index (χ1v) is 11.0. The van der Waals surface area contributed by atoms with Gasteiger partial charge in [0.15, 0.2) is 0 Å². The first-order valence-electron chi connectivity index (χ1n) is 11.0. The fourth-order valence-corrected chi connectivity index (χ4v) is 3.79. The smallest absolute Gasteiger partial charge is 0.478 e. The van der Waals surface area contributed by atoms with Crippen LogP contribution in [-0.4, -0.2) is 39.2 Å². The summed E-state index contributed by atoms with van der Waals surface area (Å²) in [5.74, 6) is -4.41. The minimum Gasteiger partial charge on any atom is -0.478 e. The number of carbonyl (C=O) groups is 3. The molecule has 0 atom stereocenters. The van der Waals surface area contributed by atoms with Gasteiger partial charge in [-0.3, -0.25) is 0 Å². The van der Waals surface area contributed by atoms with Crippen LogP contribution < -0.4 is 4.57 Å². The molecule has 0 radical (unpaired) electrons. The number of rotatable bonds is 6. The molecule has 0 aliphatic rings. The number of benzene rings is 3. The third-order valence-corrected chi connectivity index (χ3v) is 5.45. The van der Waals surface area contributed by atoms with Crippen molar-refractivity contribution in [2.24, 2.45) is 0 Å². The predicted octanol–water partition coefficient (Wildman–Crippen LogP) is 5.25. The van der Waals surface area contributed by atoms with Gasteiger partial charge in [-0.05, 0) is 41.5 Å². The molecule has 7 nitrogen and oxygen atoms in total. The minimum atomic E-state index is -5.20. The van der Waals surface area contributed by atoms with Crippen molar-refractivity contribution in [3.63, 3.8) is 0 Å². The standard InChI is InChI=1S/C28H17F3N2O5/c29-28(30,31)27(38)33-22-4-2-1-3-21(22)32-25(19-11-5-17(6-12-19)9-15-23(34)35)26(33)20-13-7-18(8-14-20)10-16-24(36)37/h1-16H,(H-,34,35,36,37)/p+1/b15-9+,16-10+. The molecular weight excluding hydrogens is 501 g/mol. The molecule has 1 heterocycles. The van der Waals surface area contributed by atoms with E-state index in [9.17, 15) is 27.6 Å². The second-order valence-corrected chi connectivity index (χ2v) is 8.02. The number of carboxylic acid groups (broad SMARTS) is 2. The van der Waals surface area contributed by atoms with Crippen LogP contribution in [0.15, 0.2) is 84.9 Å². The summed E-state index contributed by atoms with van der Waals surface area (Å²) >= 11 is 0. The number of carboxylic acids is 2. The SMILES string of the molecule is O=C(O)/C=C/c1ccc(-c2nc3ccccc3[n+](C(=O)C(F)(F)F)c2-c2ccc(/C=C/C(=O)O)cc2)cc1. The lowest BCUT2D eigenvalue weighted by atomic mass is 10.00. The highest BCUT2D eigenvalue weighted by atomic mass is 19.4. The molecule has 10 heteroatoms. The number of hydrogen-bond acceptors (Lipinski definition) is 4. The van der Waals surface area contributed by atoms with Crippen molar-refractivity contribution in [3.05, 3.63) is 96.1 Å². The molecule has 4 aromatic rings. The summed E-state index contributed by atoms with van der Waals surface area (Å²) < 4.78 is 42.1.